The molecule has 0 radical (unpaired) electrons. The van der Waals surface area contributed by atoms with Crippen molar-refractivity contribution >= 4 is 35.1 Å². The summed E-state index contributed by atoms with van der Waals surface area (Å²) >= 11 is 12.4. The van der Waals surface area contributed by atoms with Crippen LogP contribution in [0.1, 0.15) is 55.9 Å². The number of nitrogens with zero attached hydrogens (tertiary/aromatic N) is 1. The molecule has 2 aromatic carbocycles. The number of rotatable bonds is 6. The number of hydrogen-bond donors (Lipinski definition) is 1. The van der Waals surface area contributed by atoms with Gasteiger partial charge in [0.2, 0.25) is 0 Å². The van der Waals surface area contributed by atoms with Crippen LogP contribution in [0.5, 0.6) is 0 Å². The highest BCUT2D eigenvalue weighted by Crippen LogP contribution is 2.46. The van der Waals surface area contributed by atoms with Crippen molar-refractivity contribution < 1.29 is 19.4 Å². The van der Waals surface area contributed by atoms with E-state index in [4.69, 9.17) is 27.9 Å². The van der Waals surface area contributed by atoms with Gasteiger partial charge in [0, 0.05) is 16.1 Å². The summed E-state index contributed by atoms with van der Waals surface area (Å²) in [6.07, 6.45) is 1.29. The summed E-state index contributed by atoms with van der Waals surface area (Å²) in [5.74, 6) is -0.952. The van der Waals surface area contributed by atoms with Crippen LogP contribution in [0.4, 0.5) is 0 Å². The van der Waals surface area contributed by atoms with E-state index in [1.807, 2.05) is 35.2 Å². The van der Waals surface area contributed by atoms with E-state index in [0.717, 1.165) is 30.4 Å². The van der Waals surface area contributed by atoms with Gasteiger partial charge in [0.15, 0.2) is 0 Å². The van der Waals surface area contributed by atoms with Crippen LogP contribution < -0.4 is 0 Å². The average Bonchev–Trinajstić information content (AvgIpc) is 2.68. The second-order valence-electron chi connectivity index (χ2n) is 8.37. The standard InChI is InChI=1S/C24H25Cl2NO4/c1-14(15-4-2-5-15)27-22(16-8-10-18(25)11-9-16)23(17-6-3-7-19(26)12-17)31-20(24(27)30)13-21(28)29/h3,6-12,14-15,20,22-23H,2,4-5,13H2,1H3,(H,28,29)/t14-,20+,22+,23+/m0/s1. The van der Waals surface area contributed by atoms with Gasteiger partial charge in [-0.25, -0.2) is 0 Å². The lowest BCUT2D eigenvalue weighted by Gasteiger charge is -2.50. The predicted octanol–water partition coefficient (Wildman–Crippen LogP) is 5.67. The van der Waals surface area contributed by atoms with E-state index in [1.54, 1.807) is 18.2 Å². The van der Waals surface area contributed by atoms with E-state index in [1.165, 1.54) is 0 Å². The van der Waals surface area contributed by atoms with Crippen molar-refractivity contribution in [1.29, 1.82) is 0 Å². The van der Waals surface area contributed by atoms with E-state index in [0.29, 0.717) is 16.0 Å². The Hall–Kier alpha value is -2.08. The molecule has 1 saturated carbocycles. The first-order valence-corrected chi connectivity index (χ1v) is 11.3. The molecular formula is C24H25Cl2NO4. The molecule has 0 bridgehead atoms. The summed E-state index contributed by atoms with van der Waals surface area (Å²) in [6.45, 7) is 2.06. The van der Waals surface area contributed by atoms with Crippen LogP contribution in [0, 0.1) is 5.92 Å². The number of carboxylic acid groups (broad SMARTS) is 1. The molecule has 0 aromatic heterocycles. The number of benzene rings is 2. The van der Waals surface area contributed by atoms with E-state index in [-0.39, 0.29) is 18.4 Å². The van der Waals surface area contributed by atoms with Crippen molar-refractivity contribution in [2.75, 3.05) is 0 Å². The molecule has 7 heteroatoms. The second-order valence-corrected chi connectivity index (χ2v) is 9.24. The Labute approximate surface area is 191 Å². The molecule has 0 unspecified atom stereocenters. The molecule has 5 nitrogen and oxygen atoms in total. The molecule has 4 atom stereocenters. The maximum atomic E-state index is 13.5. The summed E-state index contributed by atoms with van der Waals surface area (Å²) < 4.78 is 6.20. The summed E-state index contributed by atoms with van der Waals surface area (Å²) in [7, 11) is 0. The van der Waals surface area contributed by atoms with E-state index >= 15 is 0 Å². The summed E-state index contributed by atoms with van der Waals surface area (Å²) in [5.41, 5.74) is 1.70. The molecule has 164 valence electrons. The van der Waals surface area contributed by atoms with Gasteiger partial charge >= 0.3 is 5.97 Å². The van der Waals surface area contributed by atoms with Crippen molar-refractivity contribution in [2.24, 2.45) is 5.92 Å². The number of carbonyl (C=O) groups is 2. The normalized spacial score (nSPS) is 25.2. The van der Waals surface area contributed by atoms with Crippen molar-refractivity contribution in [3.63, 3.8) is 0 Å². The number of hydrogen-bond acceptors (Lipinski definition) is 3. The maximum Gasteiger partial charge on any atom is 0.306 e. The highest BCUT2D eigenvalue weighted by Gasteiger charge is 2.48. The Morgan fingerprint density at radius 1 is 1.13 bits per heavy atom. The SMILES string of the molecule is C[C@@H](C1CCC1)N1C(=O)[C@@H](CC(=O)O)O[C@H](c2cccc(Cl)c2)[C@H]1c1ccc(Cl)cc1. The first kappa shape index (κ1) is 22.1. The molecule has 1 aliphatic carbocycles. The topological polar surface area (TPSA) is 66.8 Å². The van der Waals surface area contributed by atoms with Crippen LogP contribution in [-0.2, 0) is 14.3 Å². The highest BCUT2D eigenvalue weighted by atomic mass is 35.5. The van der Waals surface area contributed by atoms with Crippen molar-refractivity contribution in [1.82, 2.24) is 4.90 Å². The third kappa shape index (κ3) is 4.59. The Morgan fingerprint density at radius 3 is 2.42 bits per heavy atom. The lowest BCUT2D eigenvalue weighted by molar-refractivity contribution is -0.185. The molecule has 1 amide bonds. The van der Waals surface area contributed by atoms with Gasteiger partial charge in [0.25, 0.3) is 5.91 Å². The fourth-order valence-corrected chi connectivity index (χ4v) is 4.92. The van der Waals surface area contributed by atoms with Crippen LogP contribution in [0.25, 0.3) is 0 Å². The Balaban J connectivity index is 1.82. The van der Waals surface area contributed by atoms with E-state index < -0.39 is 24.2 Å². The highest BCUT2D eigenvalue weighted by molar-refractivity contribution is 6.30. The molecular weight excluding hydrogens is 437 g/mol. The number of ether oxygens (including phenoxy) is 1. The zero-order valence-electron chi connectivity index (χ0n) is 17.2. The summed E-state index contributed by atoms with van der Waals surface area (Å²) in [5, 5.41) is 10.6. The largest absolute Gasteiger partial charge is 0.481 e. The Bertz CT molecular complexity index is 960. The Kier molecular flexibility index (Phi) is 6.56. The zero-order valence-corrected chi connectivity index (χ0v) is 18.7. The molecule has 31 heavy (non-hydrogen) atoms. The van der Waals surface area contributed by atoms with E-state index in [2.05, 4.69) is 6.92 Å². The molecule has 0 spiro atoms. The van der Waals surface area contributed by atoms with Gasteiger partial charge in [-0.2, -0.15) is 0 Å². The molecule has 2 aliphatic rings. The fourth-order valence-electron chi connectivity index (χ4n) is 4.60. The minimum atomic E-state index is -1.07. The number of morpholine rings is 1. The van der Waals surface area contributed by atoms with Crippen molar-refractivity contribution in [2.45, 2.75) is 56.9 Å². The maximum absolute atomic E-state index is 13.5. The van der Waals surface area contributed by atoms with Crippen molar-refractivity contribution in [3.05, 3.63) is 69.7 Å². The summed E-state index contributed by atoms with van der Waals surface area (Å²) in [6, 6.07) is 14.3. The van der Waals surface area contributed by atoms with Crippen molar-refractivity contribution in [3.8, 4) is 0 Å². The minimum absolute atomic E-state index is 0.0381. The molecule has 4 rings (SSSR count). The van der Waals surface area contributed by atoms with Crippen LogP contribution in [0.3, 0.4) is 0 Å². The van der Waals surface area contributed by atoms with E-state index in [9.17, 15) is 14.7 Å². The van der Waals surface area contributed by atoms with Gasteiger partial charge in [-0.15, -0.1) is 0 Å². The third-order valence-corrected chi connectivity index (χ3v) is 6.93. The molecule has 2 aromatic rings. The first-order valence-electron chi connectivity index (χ1n) is 10.6. The molecule has 2 fully saturated rings. The third-order valence-electron chi connectivity index (χ3n) is 6.45. The number of carbonyl (C=O) groups excluding carboxylic acids is 1. The zero-order chi connectivity index (χ0) is 22.1. The average molecular weight is 462 g/mol. The molecule has 1 N–H and O–H groups in total. The van der Waals surface area contributed by atoms with Crippen LogP contribution >= 0.6 is 23.2 Å². The van der Waals surface area contributed by atoms with Crippen LogP contribution in [-0.4, -0.2) is 34.0 Å². The van der Waals surface area contributed by atoms with Gasteiger partial charge in [0.05, 0.1) is 12.5 Å². The fraction of sp³-hybridized carbons (Fsp3) is 0.417. The second kappa shape index (κ2) is 9.19. The van der Waals surface area contributed by atoms with Gasteiger partial charge in [-0.3, -0.25) is 9.59 Å². The number of carboxylic acids is 1. The smallest absolute Gasteiger partial charge is 0.306 e. The quantitative estimate of drug-likeness (QED) is 0.601. The van der Waals surface area contributed by atoms with Crippen LogP contribution in [0.2, 0.25) is 10.0 Å². The molecule has 1 aliphatic heterocycles. The van der Waals surface area contributed by atoms with Gasteiger partial charge in [-0.05, 0) is 61.1 Å². The first-order chi connectivity index (χ1) is 14.8. The van der Waals surface area contributed by atoms with Gasteiger partial charge in [0.1, 0.15) is 12.2 Å². The number of aliphatic carboxylic acids is 1. The summed E-state index contributed by atoms with van der Waals surface area (Å²) in [4.78, 5) is 26.9. The van der Waals surface area contributed by atoms with Gasteiger partial charge in [-0.1, -0.05) is 53.9 Å². The number of halogens is 2. The Morgan fingerprint density at radius 2 is 1.84 bits per heavy atom. The predicted molar refractivity (Wildman–Crippen MR) is 119 cm³/mol. The lowest BCUT2D eigenvalue weighted by atomic mass is 9.78. The monoisotopic (exact) mass is 461 g/mol. The van der Waals surface area contributed by atoms with Crippen LogP contribution in [0.15, 0.2) is 48.5 Å². The van der Waals surface area contributed by atoms with Gasteiger partial charge < -0.3 is 14.7 Å². The molecule has 1 saturated heterocycles. The number of amides is 1. The lowest BCUT2D eigenvalue weighted by Crippen LogP contribution is -2.56. The minimum Gasteiger partial charge on any atom is -0.481 e. The molecule has 1 heterocycles.